The van der Waals surface area contributed by atoms with Crippen molar-refractivity contribution in [2.75, 3.05) is 10.6 Å². The summed E-state index contributed by atoms with van der Waals surface area (Å²) < 4.78 is 3.19. The highest BCUT2D eigenvalue weighted by Crippen LogP contribution is 2.24. The molecule has 0 unspecified atom stereocenters. The fourth-order valence-corrected chi connectivity index (χ4v) is 2.53. The van der Waals surface area contributed by atoms with Gasteiger partial charge >= 0.3 is 0 Å². The van der Waals surface area contributed by atoms with Crippen LogP contribution in [0.15, 0.2) is 47.8 Å². The van der Waals surface area contributed by atoms with E-state index in [9.17, 15) is 4.79 Å². The van der Waals surface area contributed by atoms with Gasteiger partial charge in [-0.05, 0) is 18.2 Å². The molecule has 0 aliphatic carbocycles. The van der Waals surface area contributed by atoms with E-state index in [0.717, 1.165) is 11.1 Å². The fourth-order valence-electron chi connectivity index (χ4n) is 2.53. The molecule has 0 saturated heterocycles. The number of rotatable bonds is 4. The van der Waals surface area contributed by atoms with E-state index < -0.39 is 0 Å². The predicted molar refractivity (Wildman–Crippen MR) is 95.3 cm³/mol. The molecule has 9 nitrogen and oxygen atoms in total. The Balaban J connectivity index is 1.75. The molecule has 0 aliphatic heterocycles. The van der Waals surface area contributed by atoms with Crippen LogP contribution in [0.2, 0.25) is 0 Å². The van der Waals surface area contributed by atoms with Crippen LogP contribution < -0.4 is 16.2 Å². The summed E-state index contributed by atoms with van der Waals surface area (Å²) in [5, 5.41) is 11.1. The summed E-state index contributed by atoms with van der Waals surface area (Å²) in [4.78, 5) is 24.3. The minimum Gasteiger partial charge on any atom is -0.346 e. The van der Waals surface area contributed by atoms with Crippen LogP contribution in [0.1, 0.15) is 0 Å². The van der Waals surface area contributed by atoms with Crippen molar-refractivity contribution in [3.05, 3.63) is 53.3 Å². The van der Waals surface area contributed by atoms with Crippen LogP contribution in [-0.4, -0.2) is 29.3 Å². The molecule has 4 heterocycles. The first kappa shape index (κ1) is 14.9. The zero-order chi connectivity index (χ0) is 17.4. The quantitative estimate of drug-likeness (QED) is 0.525. The van der Waals surface area contributed by atoms with Crippen molar-refractivity contribution in [1.29, 1.82) is 0 Å². The number of aromatic amines is 1. The maximum absolute atomic E-state index is 12.2. The molecular formula is C16H16N8O. The van der Waals surface area contributed by atoms with Gasteiger partial charge in [-0.25, -0.2) is 0 Å². The van der Waals surface area contributed by atoms with Crippen molar-refractivity contribution in [2.24, 2.45) is 14.1 Å². The van der Waals surface area contributed by atoms with Gasteiger partial charge in [-0.3, -0.25) is 9.48 Å². The Morgan fingerprint density at radius 1 is 1.16 bits per heavy atom. The van der Waals surface area contributed by atoms with E-state index in [1.54, 1.807) is 42.5 Å². The fraction of sp³-hybridized carbons (Fsp3) is 0.125. The maximum Gasteiger partial charge on any atom is 0.274 e. The molecule has 9 heteroatoms. The lowest BCUT2D eigenvalue weighted by molar-refractivity contribution is 0.768. The second-order valence-corrected chi connectivity index (χ2v) is 5.63. The molecule has 0 radical (unpaired) electrons. The SMILES string of the molecule is Cn1cc(Nc2nc(Nc3cccn(C)c3=O)c3cc[nH]c3n2)cn1. The molecule has 4 aromatic rings. The maximum atomic E-state index is 12.2. The minimum absolute atomic E-state index is 0.133. The monoisotopic (exact) mass is 336 g/mol. The first-order chi connectivity index (χ1) is 12.1. The van der Waals surface area contributed by atoms with Crippen LogP contribution in [0.3, 0.4) is 0 Å². The normalized spacial score (nSPS) is 11.0. The van der Waals surface area contributed by atoms with Gasteiger partial charge in [-0.15, -0.1) is 0 Å². The van der Waals surface area contributed by atoms with Gasteiger partial charge in [0.05, 0.1) is 17.3 Å². The number of pyridine rings is 1. The molecule has 0 fully saturated rings. The number of anilines is 4. The highest BCUT2D eigenvalue weighted by Gasteiger charge is 2.11. The van der Waals surface area contributed by atoms with E-state index in [4.69, 9.17) is 0 Å². The number of fused-ring (bicyclic) bond motifs is 1. The van der Waals surface area contributed by atoms with Crippen molar-refractivity contribution in [3.8, 4) is 0 Å². The highest BCUT2D eigenvalue weighted by atomic mass is 16.1. The molecule has 126 valence electrons. The van der Waals surface area contributed by atoms with Gasteiger partial charge in [-0.2, -0.15) is 15.1 Å². The molecule has 0 saturated carbocycles. The summed E-state index contributed by atoms with van der Waals surface area (Å²) in [5.74, 6) is 0.944. The van der Waals surface area contributed by atoms with Crippen LogP contribution in [0.25, 0.3) is 11.0 Å². The summed E-state index contributed by atoms with van der Waals surface area (Å²) in [7, 11) is 3.53. The number of nitrogens with zero attached hydrogens (tertiary/aromatic N) is 5. The van der Waals surface area contributed by atoms with Gasteiger partial charge in [0.1, 0.15) is 17.2 Å². The smallest absolute Gasteiger partial charge is 0.274 e. The average molecular weight is 336 g/mol. The Bertz CT molecular complexity index is 1110. The van der Waals surface area contributed by atoms with Crippen molar-refractivity contribution >= 4 is 34.2 Å². The number of hydrogen-bond donors (Lipinski definition) is 3. The third-order valence-corrected chi connectivity index (χ3v) is 3.75. The Hall–Kier alpha value is -3.62. The summed E-state index contributed by atoms with van der Waals surface area (Å²) in [5.41, 5.74) is 1.75. The Labute approximate surface area is 142 Å². The molecule has 0 spiro atoms. The van der Waals surface area contributed by atoms with E-state index >= 15 is 0 Å². The Morgan fingerprint density at radius 3 is 2.84 bits per heavy atom. The molecule has 4 rings (SSSR count). The predicted octanol–water partition coefficient (Wildman–Crippen LogP) is 1.88. The first-order valence-corrected chi connectivity index (χ1v) is 7.63. The Kier molecular flexibility index (Phi) is 3.46. The topological polar surface area (TPSA) is 105 Å². The molecule has 25 heavy (non-hydrogen) atoms. The molecule has 0 aliphatic rings. The zero-order valence-corrected chi connectivity index (χ0v) is 13.7. The van der Waals surface area contributed by atoms with Gasteiger partial charge in [0.25, 0.3) is 5.56 Å². The van der Waals surface area contributed by atoms with Crippen LogP contribution in [0, 0.1) is 0 Å². The molecule has 0 bridgehead atoms. The molecular weight excluding hydrogens is 320 g/mol. The lowest BCUT2D eigenvalue weighted by Gasteiger charge is -2.09. The molecule has 0 amide bonds. The van der Waals surface area contributed by atoms with E-state index in [1.807, 2.05) is 19.3 Å². The second kappa shape index (κ2) is 5.78. The van der Waals surface area contributed by atoms with Gasteiger partial charge in [0.2, 0.25) is 5.95 Å². The largest absolute Gasteiger partial charge is 0.346 e. The second-order valence-electron chi connectivity index (χ2n) is 5.63. The Morgan fingerprint density at radius 2 is 2.04 bits per heavy atom. The van der Waals surface area contributed by atoms with E-state index in [0.29, 0.717) is 23.1 Å². The zero-order valence-electron chi connectivity index (χ0n) is 13.7. The number of aromatic nitrogens is 6. The standard InChI is InChI=1S/C16H16N8O/c1-23-7-3-4-12(15(23)25)20-14-11-5-6-17-13(11)21-16(22-14)19-10-8-18-24(2)9-10/h3-9H,1-2H3,(H3,17,19,20,21,22). The van der Waals surface area contributed by atoms with Gasteiger partial charge in [-0.1, -0.05) is 0 Å². The van der Waals surface area contributed by atoms with Crippen LogP contribution in [0.5, 0.6) is 0 Å². The first-order valence-electron chi connectivity index (χ1n) is 7.63. The number of H-pyrrole nitrogens is 1. The third kappa shape index (κ3) is 2.82. The summed E-state index contributed by atoms with van der Waals surface area (Å²) >= 11 is 0. The van der Waals surface area contributed by atoms with Crippen LogP contribution in [-0.2, 0) is 14.1 Å². The van der Waals surface area contributed by atoms with Crippen LogP contribution >= 0.6 is 0 Å². The number of hydrogen-bond acceptors (Lipinski definition) is 6. The third-order valence-electron chi connectivity index (χ3n) is 3.75. The van der Waals surface area contributed by atoms with Crippen molar-refractivity contribution in [2.45, 2.75) is 0 Å². The van der Waals surface area contributed by atoms with Gasteiger partial charge < -0.3 is 20.2 Å². The van der Waals surface area contributed by atoms with Crippen molar-refractivity contribution < 1.29 is 0 Å². The summed E-state index contributed by atoms with van der Waals surface area (Å²) in [6.07, 6.45) is 6.99. The van der Waals surface area contributed by atoms with Gasteiger partial charge in [0, 0.05) is 32.7 Å². The molecule has 0 atom stereocenters. The van der Waals surface area contributed by atoms with E-state index in [2.05, 4.69) is 30.7 Å². The average Bonchev–Trinajstić information content (AvgIpc) is 3.21. The molecule has 4 aromatic heterocycles. The van der Waals surface area contributed by atoms with E-state index in [1.165, 1.54) is 4.57 Å². The highest BCUT2D eigenvalue weighted by molar-refractivity contribution is 5.90. The van der Waals surface area contributed by atoms with Crippen molar-refractivity contribution in [1.82, 2.24) is 29.3 Å². The molecule has 3 N–H and O–H groups in total. The number of nitrogens with one attached hydrogen (secondary N) is 3. The minimum atomic E-state index is -0.133. The number of aryl methyl sites for hydroxylation is 2. The van der Waals surface area contributed by atoms with Gasteiger partial charge in [0.15, 0.2) is 0 Å². The van der Waals surface area contributed by atoms with Crippen LogP contribution in [0.4, 0.5) is 23.1 Å². The lowest BCUT2D eigenvalue weighted by atomic mass is 10.3. The van der Waals surface area contributed by atoms with Crippen molar-refractivity contribution in [3.63, 3.8) is 0 Å². The summed E-state index contributed by atoms with van der Waals surface area (Å²) in [6, 6.07) is 5.38. The lowest BCUT2D eigenvalue weighted by Crippen LogP contribution is -2.19. The van der Waals surface area contributed by atoms with E-state index in [-0.39, 0.29) is 5.56 Å². The molecule has 0 aromatic carbocycles. The summed E-state index contributed by atoms with van der Waals surface area (Å²) in [6.45, 7) is 0.